The van der Waals surface area contributed by atoms with Crippen molar-refractivity contribution in [2.45, 2.75) is 31.7 Å². The maximum absolute atomic E-state index is 10.9. The number of carboxylic acids is 1. The van der Waals surface area contributed by atoms with Crippen molar-refractivity contribution < 1.29 is 9.90 Å². The van der Waals surface area contributed by atoms with E-state index in [1.807, 2.05) is 18.2 Å². The number of hydrogen-bond acceptors (Lipinski definition) is 2. The lowest BCUT2D eigenvalue weighted by Crippen LogP contribution is -2.11. The molecule has 1 aliphatic carbocycles. The molecule has 2 aromatic rings. The molecule has 1 aromatic heterocycles. The number of hydrogen-bond donors (Lipinski definition) is 1. The van der Waals surface area contributed by atoms with Gasteiger partial charge in [-0.1, -0.05) is 30.3 Å². The van der Waals surface area contributed by atoms with E-state index in [1.54, 1.807) is 6.20 Å². The molecule has 0 saturated heterocycles. The SMILES string of the molecule is O=C(O)Cc1cnc(C2CC2)n1Cc1ccccc1. The van der Waals surface area contributed by atoms with Gasteiger partial charge < -0.3 is 9.67 Å². The molecule has 19 heavy (non-hydrogen) atoms. The van der Waals surface area contributed by atoms with Crippen LogP contribution in [0.3, 0.4) is 0 Å². The van der Waals surface area contributed by atoms with Crippen LogP contribution in [0.1, 0.15) is 35.8 Å². The Labute approximate surface area is 111 Å². The van der Waals surface area contributed by atoms with Crippen LogP contribution in [0.4, 0.5) is 0 Å². The Morgan fingerprint density at radius 2 is 2.05 bits per heavy atom. The van der Waals surface area contributed by atoms with E-state index in [0.29, 0.717) is 12.5 Å². The Kier molecular flexibility index (Phi) is 3.07. The standard InChI is InChI=1S/C15H16N2O2/c18-14(19)8-13-9-16-15(12-6-7-12)17(13)10-11-4-2-1-3-5-11/h1-5,9,12H,6-8,10H2,(H,18,19). The molecule has 0 bridgehead atoms. The molecule has 1 fully saturated rings. The second kappa shape index (κ2) is 4.88. The summed E-state index contributed by atoms with van der Waals surface area (Å²) in [4.78, 5) is 15.4. The predicted molar refractivity (Wildman–Crippen MR) is 71.1 cm³/mol. The minimum atomic E-state index is -0.809. The fourth-order valence-corrected chi connectivity index (χ4v) is 2.34. The summed E-state index contributed by atoms with van der Waals surface area (Å²) < 4.78 is 2.07. The summed E-state index contributed by atoms with van der Waals surface area (Å²) >= 11 is 0. The number of aromatic nitrogens is 2. The molecule has 0 atom stereocenters. The van der Waals surface area contributed by atoms with Gasteiger partial charge in [-0.25, -0.2) is 4.98 Å². The minimum Gasteiger partial charge on any atom is -0.481 e. The van der Waals surface area contributed by atoms with Gasteiger partial charge in [-0.05, 0) is 18.4 Å². The normalized spacial score (nSPS) is 14.5. The van der Waals surface area contributed by atoms with Gasteiger partial charge in [-0.2, -0.15) is 0 Å². The van der Waals surface area contributed by atoms with Crippen molar-refractivity contribution in [3.05, 3.63) is 53.6 Å². The molecule has 0 unspecified atom stereocenters. The summed E-state index contributed by atoms with van der Waals surface area (Å²) in [6.45, 7) is 0.704. The molecule has 4 heteroatoms. The molecule has 0 aliphatic heterocycles. The third kappa shape index (κ3) is 2.67. The summed E-state index contributed by atoms with van der Waals surface area (Å²) in [5.41, 5.74) is 1.97. The lowest BCUT2D eigenvalue weighted by molar-refractivity contribution is -0.136. The number of carboxylic acid groups (broad SMARTS) is 1. The van der Waals surface area contributed by atoms with Gasteiger partial charge in [0.25, 0.3) is 0 Å². The van der Waals surface area contributed by atoms with Crippen molar-refractivity contribution in [3.8, 4) is 0 Å². The number of benzene rings is 1. The summed E-state index contributed by atoms with van der Waals surface area (Å²) in [6.07, 6.45) is 4.08. The third-order valence-corrected chi connectivity index (χ3v) is 3.43. The lowest BCUT2D eigenvalue weighted by Gasteiger charge is -2.11. The van der Waals surface area contributed by atoms with Crippen molar-refractivity contribution in [3.63, 3.8) is 0 Å². The first-order valence-corrected chi connectivity index (χ1v) is 6.54. The van der Waals surface area contributed by atoms with Crippen molar-refractivity contribution >= 4 is 5.97 Å². The van der Waals surface area contributed by atoms with E-state index >= 15 is 0 Å². The average molecular weight is 256 g/mol. The number of nitrogens with zero attached hydrogens (tertiary/aromatic N) is 2. The summed E-state index contributed by atoms with van der Waals surface area (Å²) in [7, 11) is 0. The molecule has 1 N–H and O–H groups in total. The lowest BCUT2D eigenvalue weighted by atomic mass is 10.2. The van der Waals surface area contributed by atoms with Gasteiger partial charge >= 0.3 is 5.97 Å². The van der Waals surface area contributed by atoms with E-state index in [-0.39, 0.29) is 6.42 Å². The van der Waals surface area contributed by atoms with Crippen LogP contribution in [0.15, 0.2) is 36.5 Å². The number of imidazole rings is 1. The first-order valence-electron chi connectivity index (χ1n) is 6.54. The van der Waals surface area contributed by atoms with Crippen LogP contribution in [0, 0.1) is 0 Å². The molecular formula is C15H16N2O2. The maximum atomic E-state index is 10.9. The molecule has 1 aliphatic rings. The van der Waals surface area contributed by atoms with Crippen LogP contribution in [-0.4, -0.2) is 20.6 Å². The molecule has 0 radical (unpaired) electrons. The summed E-state index contributed by atoms with van der Waals surface area (Å²) in [5, 5.41) is 8.98. The molecular weight excluding hydrogens is 240 g/mol. The van der Waals surface area contributed by atoms with E-state index in [1.165, 1.54) is 5.56 Å². The molecule has 0 amide bonds. The van der Waals surface area contributed by atoms with E-state index in [4.69, 9.17) is 5.11 Å². The van der Waals surface area contributed by atoms with Gasteiger partial charge in [0, 0.05) is 24.4 Å². The molecule has 1 aromatic carbocycles. The highest BCUT2D eigenvalue weighted by Crippen LogP contribution is 2.39. The van der Waals surface area contributed by atoms with Crippen molar-refractivity contribution in [1.82, 2.24) is 9.55 Å². The molecule has 0 spiro atoms. The van der Waals surface area contributed by atoms with Crippen LogP contribution in [0.2, 0.25) is 0 Å². The monoisotopic (exact) mass is 256 g/mol. The zero-order valence-electron chi connectivity index (χ0n) is 10.6. The van der Waals surface area contributed by atoms with Crippen LogP contribution in [-0.2, 0) is 17.8 Å². The Morgan fingerprint density at radius 1 is 1.32 bits per heavy atom. The van der Waals surface area contributed by atoms with E-state index < -0.39 is 5.97 Å². The van der Waals surface area contributed by atoms with E-state index in [9.17, 15) is 4.79 Å². The second-order valence-electron chi connectivity index (χ2n) is 5.02. The van der Waals surface area contributed by atoms with Crippen LogP contribution < -0.4 is 0 Å². The first-order chi connectivity index (χ1) is 9.24. The van der Waals surface area contributed by atoms with Gasteiger partial charge in [0.2, 0.25) is 0 Å². The van der Waals surface area contributed by atoms with E-state index in [2.05, 4.69) is 21.7 Å². The quantitative estimate of drug-likeness (QED) is 0.894. The number of aliphatic carboxylic acids is 1. The number of rotatable bonds is 5. The van der Waals surface area contributed by atoms with Gasteiger partial charge in [0.15, 0.2) is 0 Å². The zero-order chi connectivity index (χ0) is 13.2. The van der Waals surface area contributed by atoms with Crippen LogP contribution in [0.25, 0.3) is 0 Å². The van der Waals surface area contributed by atoms with Gasteiger partial charge in [-0.15, -0.1) is 0 Å². The highest BCUT2D eigenvalue weighted by atomic mass is 16.4. The topological polar surface area (TPSA) is 55.1 Å². The molecule has 3 rings (SSSR count). The number of carbonyl (C=O) groups is 1. The summed E-state index contributed by atoms with van der Waals surface area (Å²) in [5.74, 6) is 0.753. The smallest absolute Gasteiger partial charge is 0.309 e. The van der Waals surface area contributed by atoms with Gasteiger partial charge in [-0.3, -0.25) is 4.79 Å². The Morgan fingerprint density at radius 3 is 2.68 bits per heavy atom. The molecule has 4 nitrogen and oxygen atoms in total. The Balaban J connectivity index is 1.92. The molecule has 98 valence electrons. The van der Waals surface area contributed by atoms with Gasteiger partial charge in [0.05, 0.1) is 6.42 Å². The zero-order valence-corrected chi connectivity index (χ0v) is 10.6. The fraction of sp³-hybridized carbons (Fsp3) is 0.333. The van der Waals surface area contributed by atoms with Crippen LogP contribution >= 0.6 is 0 Å². The maximum Gasteiger partial charge on any atom is 0.309 e. The predicted octanol–water partition coefficient (Wildman–Crippen LogP) is 2.44. The Hall–Kier alpha value is -2.10. The summed E-state index contributed by atoms with van der Waals surface area (Å²) in [6, 6.07) is 10.1. The van der Waals surface area contributed by atoms with Gasteiger partial charge in [0.1, 0.15) is 5.82 Å². The van der Waals surface area contributed by atoms with Crippen molar-refractivity contribution in [2.75, 3.05) is 0 Å². The van der Waals surface area contributed by atoms with Crippen molar-refractivity contribution in [1.29, 1.82) is 0 Å². The second-order valence-corrected chi connectivity index (χ2v) is 5.02. The Bertz CT molecular complexity index is 585. The fourth-order valence-electron chi connectivity index (χ4n) is 2.34. The average Bonchev–Trinajstić information content (AvgIpc) is 3.16. The van der Waals surface area contributed by atoms with Crippen molar-refractivity contribution in [2.24, 2.45) is 0 Å². The minimum absolute atomic E-state index is 0.0343. The third-order valence-electron chi connectivity index (χ3n) is 3.43. The first kappa shape index (κ1) is 12.0. The molecule has 1 saturated carbocycles. The highest BCUT2D eigenvalue weighted by Gasteiger charge is 2.29. The van der Waals surface area contributed by atoms with Crippen LogP contribution in [0.5, 0.6) is 0 Å². The van der Waals surface area contributed by atoms with E-state index in [0.717, 1.165) is 24.4 Å². The highest BCUT2D eigenvalue weighted by molar-refractivity contribution is 5.69. The largest absolute Gasteiger partial charge is 0.481 e. The molecule has 1 heterocycles.